The summed E-state index contributed by atoms with van der Waals surface area (Å²) in [6.07, 6.45) is -2.32. The lowest BCUT2D eigenvalue weighted by Crippen LogP contribution is -2.31. The van der Waals surface area contributed by atoms with Gasteiger partial charge in [-0.1, -0.05) is 0 Å². The summed E-state index contributed by atoms with van der Waals surface area (Å²) in [5.74, 6) is -2.28. The smallest absolute Gasteiger partial charge is 0.344 e. The van der Waals surface area contributed by atoms with Crippen molar-refractivity contribution >= 4 is 11.9 Å². The molecule has 0 heterocycles. The van der Waals surface area contributed by atoms with Crippen LogP contribution in [0.5, 0.6) is 0 Å². The molecule has 0 aliphatic rings. The predicted octanol–water partition coefficient (Wildman–Crippen LogP) is 0.818. The minimum Gasteiger partial charge on any atom is -0.465 e. The van der Waals surface area contributed by atoms with Crippen LogP contribution in [-0.2, 0) is 19.1 Å². The highest BCUT2D eigenvalue weighted by atomic mass is 19.3. The third-order valence-corrected chi connectivity index (χ3v) is 2.29. The number of halogens is 2. The van der Waals surface area contributed by atoms with Crippen LogP contribution in [0.1, 0.15) is 0 Å². The normalized spacial score (nSPS) is 9.40. The molecule has 0 aliphatic carbocycles. The molecule has 0 radical (unpaired) electrons. The molecule has 0 aromatic heterocycles. The number of nitrogens with zero attached hydrogens (tertiary/aromatic N) is 2. The standard InChI is InChI=1S/C12H18F2N2O4/c1-15(2)10(16(3)4)8(12(18)20-6)7(9(13)14)11(17)19-5/h1-6H3. The Kier molecular flexibility index (Phi) is 6.67. The van der Waals surface area contributed by atoms with Crippen LogP contribution in [0.2, 0.25) is 0 Å². The van der Waals surface area contributed by atoms with Crippen molar-refractivity contribution in [1.29, 1.82) is 0 Å². The number of esters is 2. The van der Waals surface area contributed by atoms with Crippen LogP contribution in [0.4, 0.5) is 8.78 Å². The fourth-order valence-electron chi connectivity index (χ4n) is 1.63. The second-order valence-corrected chi connectivity index (χ2v) is 4.11. The molecule has 8 heteroatoms. The van der Waals surface area contributed by atoms with Gasteiger partial charge in [-0.05, 0) is 0 Å². The summed E-state index contributed by atoms with van der Waals surface area (Å²) < 4.78 is 34.9. The van der Waals surface area contributed by atoms with Crippen molar-refractivity contribution in [3.8, 4) is 0 Å². The first kappa shape index (κ1) is 17.9. The van der Waals surface area contributed by atoms with Crippen LogP contribution in [0.15, 0.2) is 23.0 Å². The fraction of sp³-hybridized carbons (Fsp3) is 0.500. The molecule has 0 N–H and O–H groups in total. The van der Waals surface area contributed by atoms with E-state index in [4.69, 9.17) is 0 Å². The highest BCUT2D eigenvalue weighted by molar-refractivity contribution is 6.07. The molecule has 0 bridgehead atoms. The Morgan fingerprint density at radius 2 is 1.15 bits per heavy atom. The molecule has 0 aromatic carbocycles. The third-order valence-electron chi connectivity index (χ3n) is 2.29. The molecule has 20 heavy (non-hydrogen) atoms. The van der Waals surface area contributed by atoms with E-state index in [-0.39, 0.29) is 5.82 Å². The van der Waals surface area contributed by atoms with Crippen LogP contribution in [0, 0.1) is 0 Å². The third kappa shape index (κ3) is 3.94. The molecule has 114 valence electrons. The summed E-state index contributed by atoms with van der Waals surface area (Å²) in [7, 11) is 8.17. The summed E-state index contributed by atoms with van der Waals surface area (Å²) in [5, 5.41) is 0. The largest absolute Gasteiger partial charge is 0.465 e. The summed E-state index contributed by atoms with van der Waals surface area (Å²) in [6.45, 7) is 0. The van der Waals surface area contributed by atoms with Gasteiger partial charge in [0.1, 0.15) is 17.0 Å². The first-order valence-electron chi connectivity index (χ1n) is 5.50. The average molecular weight is 292 g/mol. The molecule has 0 aliphatic heterocycles. The number of hydrogen-bond acceptors (Lipinski definition) is 6. The SMILES string of the molecule is COC(=O)C(=C(F)F)C(C(=O)OC)=C(N(C)C)N(C)C. The molecule has 0 aromatic rings. The van der Waals surface area contributed by atoms with Crippen molar-refractivity contribution in [3.63, 3.8) is 0 Å². The minimum absolute atomic E-state index is 0.0880. The number of hydrogen-bond donors (Lipinski definition) is 0. The van der Waals surface area contributed by atoms with Crippen LogP contribution >= 0.6 is 0 Å². The summed E-state index contributed by atoms with van der Waals surface area (Å²) in [4.78, 5) is 26.2. The van der Waals surface area contributed by atoms with Gasteiger partial charge in [-0.3, -0.25) is 0 Å². The van der Waals surface area contributed by atoms with Gasteiger partial charge in [0.05, 0.1) is 14.2 Å². The highest BCUT2D eigenvalue weighted by Crippen LogP contribution is 2.25. The van der Waals surface area contributed by atoms with E-state index in [0.29, 0.717) is 0 Å². The van der Waals surface area contributed by atoms with Gasteiger partial charge in [0.2, 0.25) is 0 Å². The van der Waals surface area contributed by atoms with E-state index in [9.17, 15) is 18.4 Å². The van der Waals surface area contributed by atoms with Crippen molar-refractivity contribution in [1.82, 2.24) is 9.80 Å². The molecule has 0 atom stereocenters. The van der Waals surface area contributed by atoms with E-state index >= 15 is 0 Å². The van der Waals surface area contributed by atoms with E-state index in [0.717, 1.165) is 14.2 Å². The zero-order valence-corrected chi connectivity index (χ0v) is 12.3. The van der Waals surface area contributed by atoms with Crippen LogP contribution < -0.4 is 0 Å². The van der Waals surface area contributed by atoms with E-state index in [2.05, 4.69) is 9.47 Å². The first-order valence-corrected chi connectivity index (χ1v) is 5.50. The Morgan fingerprint density at radius 3 is 1.40 bits per heavy atom. The van der Waals surface area contributed by atoms with E-state index < -0.39 is 29.2 Å². The zero-order chi connectivity index (χ0) is 16.0. The summed E-state index contributed by atoms with van der Waals surface area (Å²) in [6, 6.07) is 0. The van der Waals surface area contributed by atoms with Gasteiger partial charge in [-0.25, -0.2) is 9.59 Å². The van der Waals surface area contributed by atoms with Crippen molar-refractivity contribution in [2.75, 3.05) is 42.4 Å². The number of carbonyl (C=O) groups excluding carboxylic acids is 2. The van der Waals surface area contributed by atoms with Crippen LogP contribution in [-0.4, -0.2) is 64.1 Å². The van der Waals surface area contributed by atoms with Crippen molar-refractivity contribution in [2.45, 2.75) is 0 Å². The number of rotatable bonds is 5. The molecule has 0 fully saturated rings. The van der Waals surface area contributed by atoms with Gasteiger partial charge in [0.15, 0.2) is 0 Å². The Labute approximate surface area is 116 Å². The van der Waals surface area contributed by atoms with Crippen molar-refractivity contribution in [2.24, 2.45) is 0 Å². The summed E-state index contributed by atoms with van der Waals surface area (Å²) >= 11 is 0. The Morgan fingerprint density at radius 1 is 0.800 bits per heavy atom. The average Bonchev–Trinajstić information content (AvgIpc) is 2.35. The molecule has 0 saturated heterocycles. The lowest BCUT2D eigenvalue weighted by Gasteiger charge is -2.27. The molecule has 0 saturated carbocycles. The van der Waals surface area contributed by atoms with Gasteiger partial charge in [-0.15, -0.1) is 0 Å². The van der Waals surface area contributed by atoms with Crippen molar-refractivity contribution in [3.05, 3.63) is 23.0 Å². The molecule has 0 rings (SSSR count). The van der Waals surface area contributed by atoms with Gasteiger partial charge >= 0.3 is 11.9 Å². The second-order valence-electron chi connectivity index (χ2n) is 4.11. The molecule has 0 spiro atoms. The van der Waals surface area contributed by atoms with Gasteiger partial charge in [-0.2, -0.15) is 8.78 Å². The van der Waals surface area contributed by atoms with Crippen LogP contribution in [0.3, 0.4) is 0 Å². The van der Waals surface area contributed by atoms with Gasteiger partial charge in [0, 0.05) is 28.2 Å². The number of carbonyl (C=O) groups is 2. The van der Waals surface area contributed by atoms with Crippen molar-refractivity contribution < 1.29 is 27.8 Å². The molecule has 0 amide bonds. The number of ether oxygens (including phenoxy) is 2. The van der Waals surface area contributed by atoms with Crippen LogP contribution in [0.25, 0.3) is 0 Å². The maximum absolute atomic E-state index is 13.1. The minimum atomic E-state index is -2.32. The lowest BCUT2D eigenvalue weighted by molar-refractivity contribution is -0.140. The summed E-state index contributed by atoms with van der Waals surface area (Å²) in [5.41, 5.74) is -1.67. The second kappa shape index (κ2) is 7.46. The van der Waals surface area contributed by atoms with E-state index in [1.54, 1.807) is 28.2 Å². The Hall–Kier alpha value is -2.12. The first-order chi connectivity index (χ1) is 9.18. The maximum atomic E-state index is 13.1. The molecular weight excluding hydrogens is 274 g/mol. The quantitative estimate of drug-likeness (QED) is 0.425. The predicted molar refractivity (Wildman–Crippen MR) is 67.7 cm³/mol. The molecular formula is C12H18F2N2O4. The van der Waals surface area contributed by atoms with E-state index in [1.165, 1.54) is 9.80 Å². The molecule has 0 unspecified atom stereocenters. The Balaban J connectivity index is 6.44. The lowest BCUT2D eigenvalue weighted by atomic mass is 10.1. The van der Waals surface area contributed by atoms with Gasteiger partial charge in [0.25, 0.3) is 6.08 Å². The topological polar surface area (TPSA) is 59.1 Å². The monoisotopic (exact) mass is 292 g/mol. The fourth-order valence-corrected chi connectivity index (χ4v) is 1.63. The maximum Gasteiger partial charge on any atom is 0.344 e. The molecule has 6 nitrogen and oxygen atoms in total. The van der Waals surface area contributed by atoms with E-state index in [1.807, 2.05) is 0 Å². The zero-order valence-electron chi connectivity index (χ0n) is 12.3. The Bertz CT molecular complexity index is 442. The highest BCUT2D eigenvalue weighted by Gasteiger charge is 2.32. The number of methoxy groups -OCH3 is 2. The van der Waals surface area contributed by atoms with Gasteiger partial charge < -0.3 is 19.3 Å².